The average molecular weight is 321 g/mol. The van der Waals surface area contributed by atoms with Crippen LogP contribution in [-0.4, -0.2) is 25.9 Å². The zero-order valence-electron chi connectivity index (χ0n) is 14.3. The van der Waals surface area contributed by atoms with Gasteiger partial charge in [-0.15, -0.1) is 0 Å². The van der Waals surface area contributed by atoms with Crippen molar-refractivity contribution in [1.29, 1.82) is 0 Å². The van der Waals surface area contributed by atoms with Crippen LogP contribution in [0.1, 0.15) is 45.4 Å². The molecule has 0 aliphatic rings. The first kappa shape index (κ1) is 19.6. The minimum Gasteiger partial charge on any atom is -0.439 e. The van der Waals surface area contributed by atoms with Gasteiger partial charge in [0.15, 0.2) is 16.6 Å². The normalized spacial score (nSPS) is 13.3. The lowest BCUT2D eigenvalue weighted by molar-refractivity contribution is 0.413. The molecule has 0 unspecified atom stereocenters. The van der Waals surface area contributed by atoms with Gasteiger partial charge in [-0.05, 0) is 45.3 Å². The maximum atomic E-state index is 6.33. The molecule has 0 heterocycles. The fourth-order valence-corrected chi connectivity index (χ4v) is 10.5. The first-order valence-electron chi connectivity index (χ1n) is 8.00. The van der Waals surface area contributed by atoms with Crippen LogP contribution in [0.15, 0.2) is 0 Å². The fourth-order valence-electron chi connectivity index (χ4n) is 2.02. The second kappa shape index (κ2) is 9.50. The summed E-state index contributed by atoms with van der Waals surface area (Å²) in [5.74, 6) is 0. The summed E-state index contributed by atoms with van der Waals surface area (Å²) in [6.45, 7) is 15.9. The molecular weight excluding hydrogens is 284 g/mol. The fraction of sp³-hybridized carbons (Fsp3) is 1.00. The van der Waals surface area contributed by atoms with Crippen LogP contribution in [0.5, 0.6) is 0 Å². The quantitative estimate of drug-likeness (QED) is 0.381. The molecule has 0 aromatic heterocycles. The van der Waals surface area contributed by atoms with E-state index in [2.05, 4.69) is 46.2 Å². The number of hydrogen-bond donors (Lipinski definition) is 0. The lowest BCUT2D eigenvalue weighted by atomic mass is 10.1. The Labute approximate surface area is 125 Å². The number of unbranched alkanes of at least 4 members (excludes halogenated alkanes) is 5. The van der Waals surface area contributed by atoms with E-state index in [1.165, 1.54) is 44.6 Å². The Hall–Kier alpha value is 0.571. The molecule has 0 spiro atoms. The molecule has 0 atom stereocenters. The van der Waals surface area contributed by atoms with Gasteiger partial charge >= 0.3 is 9.28 Å². The van der Waals surface area contributed by atoms with Crippen molar-refractivity contribution in [2.24, 2.45) is 0 Å². The molecule has 0 aliphatic carbocycles. The van der Waals surface area contributed by atoms with Crippen LogP contribution in [0.2, 0.25) is 45.3 Å². The smallest absolute Gasteiger partial charge is 0.300 e. The largest absolute Gasteiger partial charge is 0.439 e. The third-order valence-corrected chi connectivity index (χ3v) is 11.4. The Morgan fingerprint density at radius 2 is 1.11 bits per heavy atom. The van der Waals surface area contributed by atoms with Gasteiger partial charge in [0, 0.05) is 0 Å². The van der Waals surface area contributed by atoms with Gasteiger partial charge < -0.3 is 8.23 Å². The van der Waals surface area contributed by atoms with Crippen LogP contribution in [0, 0.1) is 0 Å². The third-order valence-electron chi connectivity index (χ3n) is 2.76. The summed E-state index contributed by atoms with van der Waals surface area (Å²) in [5.41, 5.74) is 0. The summed E-state index contributed by atoms with van der Waals surface area (Å²) < 4.78 is 12.7. The molecule has 0 aromatic rings. The number of hydrogen-bond acceptors (Lipinski definition) is 2. The van der Waals surface area contributed by atoms with Gasteiger partial charge in [0.25, 0.3) is 0 Å². The summed E-state index contributed by atoms with van der Waals surface area (Å²) >= 11 is 0. The van der Waals surface area contributed by atoms with Crippen LogP contribution < -0.4 is 0 Å². The third kappa shape index (κ3) is 14.8. The van der Waals surface area contributed by atoms with Gasteiger partial charge in [-0.25, -0.2) is 0 Å². The molecule has 0 amide bonds. The van der Waals surface area contributed by atoms with Crippen molar-refractivity contribution in [3.63, 3.8) is 0 Å². The van der Waals surface area contributed by atoms with E-state index in [-0.39, 0.29) is 0 Å². The Morgan fingerprint density at radius 3 is 1.53 bits per heavy atom. The molecule has 0 rings (SSSR count). The van der Waals surface area contributed by atoms with Crippen LogP contribution in [0.4, 0.5) is 0 Å². The second-order valence-corrected chi connectivity index (χ2v) is 19.2. The van der Waals surface area contributed by atoms with Gasteiger partial charge in [-0.1, -0.05) is 45.4 Å². The van der Waals surface area contributed by atoms with Crippen molar-refractivity contribution in [2.45, 2.75) is 90.8 Å². The van der Waals surface area contributed by atoms with Gasteiger partial charge in [0.2, 0.25) is 0 Å². The Morgan fingerprint density at radius 1 is 0.684 bits per heavy atom. The molecule has 5 heteroatoms. The highest BCUT2D eigenvalue weighted by Gasteiger charge is 2.28. The maximum Gasteiger partial charge on any atom is 0.300 e. The molecule has 2 nitrogen and oxygen atoms in total. The molecule has 0 saturated heterocycles. The lowest BCUT2D eigenvalue weighted by Gasteiger charge is -2.30. The first-order chi connectivity index (χ1) is 8.64. The van der Waals surface area contributed by atoms with Crippen molar-refractivity contribution >= 4 is 25.9 Å². The topological polar surface area (TPSA) is 18.5 Å². The number of rotatable bonds is 11. The van der Waals surface area contributed by atoms with Crippen molar-refractivity contribution < 1.29 is 8.23 Å². The van der Waals surface area contributed by atoms with E-state index in [1.54, 1.807) is 0 Å². The van der Waals surface area contributed by atoms with Crippen molar-refractivity contribution in [3.05, 3.63) is 0 Å². The van der Waals surface area contributed by atoms with E-state index in [0.717, 1.165) is 0 Å². The summed E-state index contributed by atoms with van der Waals surface area (Å²) in [6.07, 6.45) is 8.15. The zero-order valence-corrected chi connectivity index (χ0v) is 17.5. The summed E-state index contributed by atoms with van der Waals surface area (Å²) in [4.78, 5) is 0. The van der Waals surface area contributed by atoms with Crippen molar-refractivity contribution in [3.8, 4) is 0 Å². The molecule has 0 saturated carbocycles. The van der Waals surface area contributed by atoms with Crippen LogP contribution in [-0.2, 0) is 8.23 Å². The summed E-state index contributed by atoms with van der Waals surface area (Å²) in [5, 5.41) is 0. The highest BCUT2D eigenvalue weighted by Crippen LogP contribution is 2.17. The van der Waals surface area contributed by atoms with Crippen molar-refractivity contribution in [1.82, 2.24) is 0 Å². The van der Waals surface area contributed by atoms with Crippen LogP contribution >= 0.6 is 0 Å². The molecule has 0 N–H and O–H groups in total. The zero-order chi connectivity index (χ0) is 14.9. The van der Waals surface area contributed by atoms with E-state index >= 15 is 0 Å². The molecule has 19 heavy (non-hydrogen) atoms. The standard InChI is InChI=1S/C14H36O2Si3/c1-8-9-10-11-12-13-14-17(15-18(2,3)4)16-19(5,6)7/h17H,8-14H2,1-7H3. The molecular formula is C14H36O2Si3. The maximum absolute atomic E-state index is 6.33. The monoisotopic (exact) mass is 320 g/mol. The SMILES string of the molecule is CCCCCCCC[SiH](O[Si](C)(C)C)O[Si](C)(C)C. The van der Waals surface area contributed by atoms with Gasteiger partial charge in [0.05, 0.1) is 0 Å². The molecule has 0 aromatic carbocycles. The van der Waals surface area contributed by atoms with Crippen LogP contribution in [0.25, 0.3) is 0 Å². The van der Waals surface area contributed by atoms with Gasteiger partial charge in [-0.2, -0.15) is 0 Å². The van der Waals surface area contributed by atoms with E-state index in [1.807, 2.05) is 0 Å². The molecule has 0 aliphatic heterocycles. The van der Waals surface area contributed by atoms with E-state index in [4.69, 9.17) is 8.23 Å². The predicted molar refractivity (Wildman–Crippen MR) is 94.2 cm³/mol. The van der Waals surface area contributed by atoms with E-state index < -0.39 is 25.9 Å². The van der Waals surface area contributed by atoms with E-state index in [9.17, 15) is 0 Å². The highest BCUT2D eigenvalue weighted by molar-refractivity contribution is 6.81. The Kier molecular flexibility index (Phi) is 9.78. The average Bonchev–Trinajstić information content (AvgIpc) is 2.18. The van der Waals surface area contributed by atoms with Crippen molar-refractivity contribution in [2.75, 3.05) is 0 Å². The second-order valence-electron chi connectivity index (χ2n) is 7.45. The van der Waals surface area contributed by atoms with Gasteiger partial charge in [-0.3, -0.25) is 0 Å². The van der Waals surface area contributed by atoms with Crippen LogP contribution in [0.3, 0.4) is 0 Å². The molecule has 0 bridgehead atoms. The minimum absolute atomic E-state index is 1.21. The molecule has 0 fully saturated rings. The lowest BCUT2D eigenvalue weighted by Crippen LogP contribution is -2.43. The molecule has 0 radical (unpaired) electrons. The highest BCUT2D eigenvalue weighted by atomic mass is 28.4. The summed E-state index contributed by atoms with van der Waals surface area (Å²) in [6, 6.07) is 1.21. The Balaban J connectivity index is 3.99. The van der Waals surface area contributed by atoms with E-state index in [0.29, 0.717) is 0 Å². The molecule has 116 valence electrons. The summed E-state index contributed by atoms with van der Waals surface area (Å²) in [7, 11) is -4.30. The Bertz CT molecular complexity index is 206. The first-order valence-corrected chi connectivity index (χ1v) is 16.6. The van der Waals surface area contributed by atoms with Gasteiger partial charge in [0.1, 0.15) is 0 Å². The predicted octanol–water partition coefficient (Wildman–Crippen LogP) is 5.27. The minimum atomic E-state index is -1.44.